The fourth-order valence-corrected chi connectivity index (χ4v) is 4.93. The molecule has 2 bridgehead atoms. The highest BCUT2D eigenvalue weighted by molar-refractivity contribution is 9.10. The van der Waals surface area contributed by atoms with Crippen molar-refractivity contribution in [3.63, 3.8) is 0 Å². The maximum Gasteiger partial charge on any atom is 0.254 e. The van der Waals surface area contributed by atoms with Gasteiger partial charge in [-0.1, -0.05) is 12.2 Å². The lowest BCUT2D eigenvalue weighted by atomic mass is 9.63. The van der Waals surface area contributed by atoms with Crippen LogP contribution >= 0.6 is 15.9 Å². The summed E-state index contributed by atoms with van der Waals surface area (Å²) in [5.41, 5.74) is 0.700. The van der Waals surface area contributed by atoms with E-state index in [0.717, 1.165) is 17.9 Å². The van der Waals surface area contributed by atoms with E-state index < -0.39 is 0 Å². The van der Waals surface area contributed by atoms with Gasteiger partial charge in [-0.05, 0) is 58.3 Å². The molecular weight excluding hydrogens is 400 g/mol. The van der Waals surface area contributed by atoms with Crippen LogP contribution in [0.1, 0.15) is 18.4 Å². The number of methoxy groups -OCH3 is 2. The molecule has 0 spiro atoms. The third kappa shape index (κ3) is 2.57. The van der Waals surface area contributed by atoms with E-state index in [9.17, 15) is 9.59 Å². The molecule has 2 amide bonds. The minimum Gasteiger partial charge on any atom is -0.493 e. The third-order valence-electron chi connectivity index (χ3n) is 5.51. The Labute approximate surface area is 160 Å². The number of hydrogen-bond donors (Lipinski definition) is 0. The van der Waals surface area contributed by atoms with Crippen LogP contribution in [0.2, 0.25) is 0 Å². The lowest BCUT2D eigenvalue weighted by molar-refractivity contribution is -0.140. The average Bonchev–Trinajstić information content (AvgIpc) is 2.93. The molecule has 1 aliphatic heterocycles. The van der Waals surface area contributed by atoms with Gasteiger partial charge in [0, 0.05) is 0 Å². The molecule has 3 aliphatic carbocycles. The van der Waals surface area contributed by atoms with Gasteiger partial charge in [-0.2, -0.15) is 10.1 Å². The molecule has 2 fully saturated rings. The maximum absolute atomic E-state index is 12.8. The lowest BCUT2D eigenvalue weighted by Gasteiger charge is -2.37. The number of carbonyl (C=O) groups excluding carboxylic acids is 2. The number of fused-ring (bicyclic) bond motifs is 1. The molecule has 1 saturated carbocycles. The number of benzene rings is 1. The SMILES string of the molecule is COc1cc(/C=N\N2C(=O)[C@@H]3[C@@H](C2=O)[C@H]2C=C[C@H]3CC2)cc(Br)c1OC. The minimum absolute atomic E-state index is 0.164. The molecule has 1 aromatic carbocycles. The summed E-state index contributed by atoms with van der Waals surface area (Å²) in [6, 6.07) is 3.55. The fraction of sp³-hybridized carbons (Fsp3) is 0.421. The number of halogens is 1. The summed E-state index contributed by atoms with van der Waals surface area (Å²) in [7, 11) is 3.11. The summed E-state index contributed by atoms with van der Waals surface area (Å²) in [5.74, 6) is 0.574. The van der Waals surface area contributed by atoms with Crippen LogP contribution in [0.4, 0.5) is 0 Å². The maximum atomic E-state index is 12.8. The summed E-state index contributed by atoms with van der Waals surface area (Å²) in [4.78, 5) is 25.5. The molecule has 0 aromatic heterocycles. The topological polar surface area (TPSA) is 68.2 Å². The Hall–Kier alpha value is -2.15. The highest BCUT2D eigenvalue weighted by Crippen LogP contribution is 2.49. The summed E-state index contributed by atoms with van der Waals surface area (Å²) >= 11 is 3.43. The summed E-state index contributed by atoms with van der Waals surface area (Å²) in [6.07, 6.45) is 7.65. The van der Waals surface area contributed by atoms with E-state index >= 15 is 0 Å². The van der Waals surface area contributed by atoms with Crippen LogP contribution in [-0.2, 0) is 9.59 Å². The summed E-state index contributed by atoms with van der Waals surface area (Å²) in [6.45, 7) is 0. The molecule has 4 atom stereocenters. The number of allylic oxidation sites excluding steroid dienone is 2. The second-order valence-corrected chi connectivity index (χ2v) is 7.67. The molecule has 4 aliphatic rings. The van der Waals surface area contributed by atoms with Crippen molar-refractivity contribution < 1.29 is 19.1 Å². The van der Waals surface area contributed by atoms with Crippen molar-refractivity contribution in [1.82, 2.24) is 5.01 Å². The monoisotopic (exact) mass is 418 g/mol. The Bertz CT molecular complexity index is 803. The van der Waals surface area contributed by atoms with Gasteiger partial charge >= 0.3 is 0 Å². The molecule has 7 heteroatoms. The minimum atomic E-state index is -0.250. The van der Waals surface area contributed by atoms with Gasteiger partial charge in [0.2, 0.25) is 0 Å². The number of hydrogen-bond acceptors (Lipinski definition) is 5. The number of imide groups is 1. The Morgan fingerprint density at radius 3 is 2.19 bits per heavy atom. The predicted molar refractivity (Wildman–Crippen MR) is 99.0 cm³/mol. The smallest absolute Gasteiger partial charge is 0.254 e. The van der Waals surface area contributed by atoms with Gasteiger partial charge in [0.05, 0.1) is 36.7 Å². The fourth-order valence-electron chi connectivity index (χ4n) is 4.31. The van der Waals surface area contributed by atoms with Gasteiger partial charge in [-0.3, -0.25) is 9.59 Å². The molecule has 26 heavy (non-hydrogen) atoms. The van der Waals surface area contributed by atoms with E-state index in [1.165, 1.54) is 6.21 Å². The van der Waals surface area contributed by atoms with E-state index in [-0.39, 0.29) is 35.5 Å². The van der Waals surface area contributed by atoms with E-state index in [4.69, 9.17) is 9.47 Å². The average molecular weight is 419 g/mol. The van der Waals surface area contributed by atoms with Crippen LogP contribution in [0.25, 0.3) is 0 Å². The standard InChI is InChI=1S/C19H19BrN2O4/c1-25-14-8-10(7-13(20)17(14)26-2)9-21-22-18(23)15-11-3-4-12(6-5-11)16(15)19(22)24/h3-4,7-9,11-12,15-16H,5-6H2,1-2H3/b21-9-/t11-,12-,15-,16-/m0/s1. The van der Waals surface area contributed by atoms with Crippen molar-refractivity contribution in [3.8, 4) is 11.5 Å². The van der Waals surface area contributed by atoms with Gasteiger partial charge in [0.25, 0.3) is 11.8 Å². The molecule has 136 valence electrons. The van der Waals surface area contributed by atoms with Gasteiger partial charge < -0.3 is 9.47 Å². The second kappa shape index (κ2) is 6.54. The normalized spacial score (nSPS) is 29.6. The Morgan fingerprint density at radius 1 is 1.08 bits per heavy atom. The Kier molecular flexibility index (Phi) is 4.34. The zero-order valence-electron chi connectivity index (χ0n) is 14.5. The van der Waals surface area contributed by atoms with Crippen molar-refractivity contribution in [2.45, 2.75) is 12.8 Å². The molecule has 1 heterocycles. The highest BCUT2D eigenvalue weighted by atomic mass is 79.9. The lowest BCUT2D eigenvalue weighted by Crippen LogP contribution is -2.38. The van der Waals surface area contributed by atoms with Crippen LogP contribution in [-0.4, -0.2) is 37.3 Å². The first-order valence-corrected chi connectivity index (χ1v) is 9.36. The first-order chi connectivity index (χ1) is 12.5. The molecule has 5 rings (SSSR count). The van der Waals surface area contributed by atoms with Crippen molar-refractivity contribution in [3.05, 3.63) is 34.3 Å². The Balaban J connectivity index is 1.61. The first-order valence-electron chi connectivity index (χ1n) is 8.56. The summed E-state index contributed by atoms with van der Waals surface area (Å²) < 4.78 is 11.3. The first kappa shape index (κ1) is 17.3. The number of nitrogens with zero attached hydrogens (tertiary/aromatic N) is 2. The van der Waals surface area contributed by atoms with Gasteiger partial charge in [0.15, 0.2) is 11.5 Å². The van der Waals surface area contributed by atoms with Crippen LogP contribution in [0.15, 0.2) is 33.9 Å². The number of rotatable bonds is 4. The zero-order valence-corrected chi connectivity index (χ0v) is 16.1. The number of carbonyl (C=O) groups is 2. The second-order valence-electron chi connectivity index (χ2n) is 6.81. The van der Waals surface area contributed by atoms with Gasteiger partial charge in [-0.25, -0.2) is 0 Å². The van der Waals surface area contributed by atoms with Crippen molar-refractivity contribution in [1.29, 1.82) is 0 Å². The highest BCUT2D eigenvalue weighted by Gasteiger charge is 2.56. The van der Waals surface area contributed by atoms with Crippen LogP contribution in [0, 0.1) is 23.7 Å². The predicted octanol–water partition coefficient (Wildman–Crippen LogP) is 3.00. The molecule has 1 saturated heterocycles. The number of hydrazone groups is 1. The Morgan fingerprint density at radius 2 is 1.69 bits per heavy atom. The van der Waals surface area contributed by atoms with Crippen molar-refractivity contribution >= 4 is 34.0 Å². The molecule has 6 nitrogen and oxygen atoms in total. The van der Waals surface area contributed by atoms with Crippen LogP contribution < -0.4 is 9.47 Å². The van der Waals surface area contributed by atoms with E-state index in [2.05, 4.69) is 33.2 Å². The van der Waals surface area contributed by atoms with Crippen molar-refractivity contribution in [2.75, 3.05) is 14.2 Å². The summed E-state index contributed by atoms with van der Waals surface area (Å²) in [5, 5.41) is 5.27. The van der Waals surface area contributed by atoms with E-state index in [1.54, 1.807) is 26.4 Å². The molecule has 0 N–H and O–H groups in total. The zero-order chi connectivity index (χ0) is 18.4. The van der Waals surface area contributed by atoms with Crippen molar-refractivity contribution in [2.24, 2.45) is 28.8 Å². The molecule has 0 radical (unpaired) electrons. The van der Waals surface area contributed by atoms with Gasteiger partial charge in [0.1, 0.15) is 0 Å². The van der Waals surface area contributed by atoms with E-state index in [1.807, 2.05) is 0 Å². The number of amides is 2. The molecule has 0 unspecified atom stereocenters. The molecular formula is C19H19BrN2O4. The third-order valence-corrected chi connectivity index (χ3v) is 6.10. The quantitative estimate of drug-likeness (QED) is 0.428. The number of ether oxygens (including phenoxy) is 2. The van der Waals surface area contributed by atoms with E-state index in [0.29, 0.717) is 21.5 Å². The van der Waals surface area contributed by atoms with Crippen LogP contribution in [0.3, 0.4) is 0 Å². The molecule has 1 aromatic rings. The van der Waals surface area contributed by atoms with Gasteiger partial charge in [-0.15, -0.1) is 0 Å². The van der Waals surface area contributed by atoms with Crippen LogP contribution in [0.5, 0.6) is 11.5 Å². The largest absolute Gasteiger partial charge is 0.493 e.